The number of anilines is 1. The zero-order valence-corrected chi connectivity index (χ0v) is 14.4. The molecule has 0 unspecified atom stereocenters. The van der Waals surface area contributed by atoms with Crippen molar-refractivity contribution in [2.45, 2.75) is 17.4 Å². The Labute approximate surface area is 142 Å². The van der Waals surface area contributed by atoms with Crippen molar-refractivity contribution >= 4 is 34.1 Å². The predicted molar refractivity (Wildman–Crippen MR) is 92.5 cm³/mol. The SMILES string of the molecule is C=CCSc1nnc(NC(=O)[C@H](C)Oc2ccc(OC)cc2)s1. The van der Waals surface area contributed by atoms with Crippen LogP contribution in [0.15, 0.2) is 41.3 Å². The number of nitrogens with one attached hydrogen (secondary N) is 1. The van der Waals surface area contributed by atoms with E-state index in [0.29, 0.717) is 10.9 Å². The molecule has 2 aromatic rings. The zero-order chi connectivity index (χ0) is 16.7. The number of benzene rings is 1. The summed E-state index contributed by atoms with van der Waals surface area (Å²) in [4.78, 5) is 12.1. The molecule has 0 spiro atoms. The Hall–Kier alpha value is -2.06. The lowest BCUT2D eigenvalue weighted by atomic mass is 10.3. The highest BCUT2D eigenvalue weighted by Gasteiger charge is 2.17. The van der Waals surface area contributed by atoms with Crippen LogP contribution in [0.25, 0.3) is 0 Å². The Bertz CT molecular complexity index is 658. The predicted octanol–water partition coefficient (Wildman–Crippen LogP) is 3.23. The van der Waals surface area contributed by atoms with Gasteiger partial charge in [0.2, 0.25) is 5.13 Å². The lowest BCUT2D eigenvalue weighted by Gasteiger charge is -2.13. The third-order valence-electron chi connectivity index (χ3n) is 2.70. The number of rotatable bonds is 8. The van der Waals surface area contributed by atoms with Gasteiger partial charge in [0, 0.05) is 5.75 Å². The maximum absolute atomic E-state index is 12.1. The van der Waals surface area contributed by atoms with Gasteiger partial charge in [0.1, 0.15) is 11.5 Å². The average Bonchev–Trinajstić information content (AvgIpc) is 3.01. The van der Waals surface area contributed by atoms with Gasteiger partial charge in [0.25, 0.3) is 5.91 Å². The molecule has 0 aliphatic carbocycles. The van der Waals surface area contributed by atoms with Gasteiger partial charge in [-0.25, -0.2) is 0 Å². The quantitative estimate of drug-likeness (QED) is 0.447. The van der Waals surface area contributed by atoms with Gasteiger partial charge in [-0.15, -0.1) is 16.8 Å². The molecule has 1 aromatic heterocycles. The van der Waals surface area contributed by atoms with Crippen LogP contribution in [0.5, 0.6) is 11.5 Å². The van der Waals surface area contributed by atoms with Gasteiger partial charge in [0.15, 0.2) is 10.4 Å². The molecule has 0 aliphatic rings. The topological polar surface area (TPSA) is 73.3 Å². The van der Waals surface area contributed by atoms with Crippen molar-refractivity contribution in [1.29, 1.82) is 0 Å². The van der Waals surface area contributed by atoms with E-state index in [-0.39, 0.29) is 5.91 Å². The highest BCUT2D eigenvalue weighted by molar-refractivity contribution is 8.01. The fourth-order valence-electron chi connectivity index (χ4n) is 1.57. The Kier molecular flexibility index (Phi) is 6.42. The molecule has 0 saturated carbocycles. The van der Waals surface area contributed by atoms with Crippen molar-refractivity contribution in [3.63, 3.8) is 0 Å². The van der Waals surface area contributed by atoms with Crippen LogP contribution in [-0.2, 0) is 4.79 Å². The minimum absolute atomic E-state index is 0.280. The summed E-state index contributed by atoms with van der Waals surface area (Å²) in [6.45, 7) is 5.32. The number of carbonyl (C=O) groups excluding carboxylic acids is 1. The van der Waals surface area contributed by atoms with Gasteiger partial charge in [-0.1, -0.05) is 29.2 Å². The summed E-state index contributed by atoms with van der Waals surface area (Å²) in [5, 5.41) is 11.1. The maximum atomic E-state index is 12.1. The molecular weight excluding hydrogens is 334 g/mol. The second kappa shape index (κ2) is 8.54. The van der Waals surface area contributed by atoms with Crippen LogP contribution in [0, 0.1) is 0 Å². The van der Waals surface area contributed by atoms with E-state index in [1.165, 1.54) is 23.1 Å². The fraction of sp³-hybridized carbons (Fsp3) is 0.267. The molecule has 1 atom stereocenters. The number of methoxy groups -OCH3 is 1. The van der Waals surface area contributed by atoms with Crippen LogP contribution in [0.4, 0.5) is 5.13 Å². The first-order valence-electron chi connectivity index (χ1n) is 6.81. The Morgan fingerprint density at radius 3 is 2.74 bits per heavy atom. The normalized spacial score (nSPS) is 11.6. The Balaban J connectivity index is 1.88. The van der Waals surface area contributed by atoms with Crippen LogP contribution in [0.1, 0.15) is 6.92 Å². The van der Waals surface area contributed by atoms with Gasteiger partial charge in [-0.2, -0.15) is 0 Å². The van der Waals surface area contributed by atoms with E-state index in [1.807, 2.05) is 0 Å². The van der Waals surface area contributed by atoms with Crippen molar-refractivity contribution in [2.24, 2.45) is 0 Å². The highest BCUT2D eigenvalue weighted by Crippen LogP contribution is 2.25. The number of aromatic nitrogens is 2. The molecule has 1 heterocycles. The number of nitrogens with zero attached hydrogens (tertiary/aromatic N) is 2. The Morgan fingerprint density at radius 1 is 1.39 bits per heavy atom. The third kappa shape index (κ3) is 5.26. The van der Waals surface area contributed by atoms with Crippen molar-refractivity contribution in [3.8, 4) is 11.5 Å². The molecule has 2 rings (SSSR count). The summed E-state index contributed by atoms with van der Waals surface area (Å²) >= 11 is 2.83. The summed E-state index contributed by atoms with van der Waals surface area (Å²) in [6, 6.07) is 7.04. The maximum Gasteiger partial charge on any atom is 0.266 e. The number of carbonyl (C=O) groups is 1. The first-order chi connectivity index (χ1) is 11.1. The number of hydrogen-bond acceptors (Lipinski definition) is 7. The molecule has 23 heavy (non-hydrogen) atoms. The minimum Gasteiger partial charge on any atom is -0.497 e. The van der Waals surface area contributed by atoms with Gasteiger partial charge in [-0.3, -0.25) is 10.1 Å². The van der Waals surface area contributed by atoms with Crippen LogP contribution in [0.2, 0.25) is 0 Å². The summed E-state index contributed by atoms with van der Waals surface area (Å²) in [5.74, 6) is 1.79. The second-order valence-corrected chi connectivity index (χ2v) is 6.64. The molecule has 0 aliphatic heterocycles. The summed E-state index contributed by atoms with van der Waals surface area (Å²) in [6.07, 6.45) is 1.13. The van der Waals surface area contributed by atoms with Gasteiger partial charge >= 0.3 is 0 Å². The van der Waals surface area contributed by atoms with Crippen LogP contribution >= 0.6 is 23.1 Å². The summed E-state index contributed by atoms with van der Waals surface area (Å²) in [7, 11) is 1.59. The largest absolute Gasteiger partial charge is 0.497 e. The van der Waals surface area contributed by atoms with E-state index in [0.717, 1.165) is 15.8 Å². The highest BCUT2D eigenvalue weighted by atomic mass is 32.2. The number of thioether (sulfide) groups is 1. The van der Waals surface area contributed by atoms with E-state index in [4.69, 9.17) is 9.47 Å². The van der Waals surface area contributed by atoms with E-state index in [1.54, 1.807) is 44.4 Å². The molecule has 1 amide bonds. The summed E-state index contributed by atoms with van der Waals surface area (Å²) in [5.41, 5.74) is 0. The average molecular weight is 351 g/mol. The third-order valence-corrected chi connectivity index (χ3v) is 4.67. The molecule has 0 radical (unpaired) electrons. The summed E-state index contributed by atoms with van der Waals surface area (Å²) < 4.78 is 11.4. The monoisotopic (exact) mass is 351 g/mol. The molecular formula is C15H17N3O3S2. The fourth-order valence-corrected chi connectivity index (χ4v) is 3.08. The lowest BCUT2D eigenvalue weighted by Crippen LogP contribution is -2.30. The molecule has 0 fully saturated rings. The smallest absolute Gasteiger partial charge is 0.266 e. The second-order valence-electron chi connectivity index (χ2n) is 4.40. The van der Waals surface area contributed by atoms with Crippen molar-refractivity contribution in [3.05, 3.63) is 36.9 Å². The molecule has 0 bridgehead atoms. The Morgan fingerprint density at radius 2 is 2.09 bits per heavy atom. The minimum atomic E-state index is -0.656. The molecule has 0 saturated heterocycles. The van der Waals surface area contributed by atoms with Gasteiger partial charge in [0.05, 0.1) is 7.11 Å². The van der Waals surface area contributed by atoms with E-state index < -0.39 is 6.10 Å². The van der Waals surface area contributed by atoms with E-state index in [9.17, 15) is 4.79 Å². The van der Waals surface area contributed by atoms with Crippen molar-refractivity contribution in [2.75, 3.05) is 18.2 Å². The molecule has 6 nitrogen and oxygen atoms in total. The first-order valence-corrected chi connectivity index (χ1v) is 8.61. The number of amides is 1. The van der Waals surface area contributed by atoms with Crippen molar-refractivity contribution in [1.82, 2.24) is 10.2 Å². The first kappa shape index (κ1) is 17.3. The van der Waals surface area contributed by atoms with E-state index in [2.05, 4.69) is 22.1 Å². The molecule has 1 aromatic carbocycles. The molecule has 122 valence electrons. The van der Waals surface area contributed by atoms with Gasteiger partial charge in [-0.05, 0) is 31.2 Å². The number of ether oxygens (including phenoxy) is 2. The molecule has 8 heteroatoms. The van der Waals surface area contributed by atoms with Crippen LogP contribution < -0.4 is 14.8 Å². The standard InChI is InChI=1S/C15H17N3O3S2/c1-4-9-22-15-18-17-14(23-15)16-13(19)10(2)21-12-7-5-11(20-3)6-8-12/h4-8,10H,1,9H2,2-3H3,(H,16,17,19)/t10-/m0/s1. The number of hydrogen-bond donors (Lipinski definition) is 1. The zero-order valence-electron chi connectivity index (χ0n) is 12.8. The van der Waals surface area contributed by atoms with Crippen LogP contribution in [0.3, 0.4) is 0 Å². The lowest BCUT2D eigenvalue weighted by molar-refractivity contribution is -0.122. The van der Waals surface area contributed by atoms with Crippen molar-refractivity contribution < 1.29 is 14.3 Å². The molecule has 1 N–H and O–H groups in total. The van der Waals surface area contributed by atoms with E-state index >= 15 is 0 Å². The van der Waals surface area contributed by atoms with Gasteiger partial charge < -0.3 is 9.47 Å². The van der Waals surface area contributed by atoms with Crippen LogP contribution in [-0.4, -0.2) is 35.1 Å².